The van der Waals surface area contributed by atoms with Gasteiger partial charge in [0.15, 0.2) is 6.04 Å². The van der Waals surface area contributed by atoms with Crippen molar-refractivity contribution in [2.75, 3.05) is 13.1 Å². The first-order valence-corrected chi connectivity index (χ1v) is 6.41. The molecule has 0 aromatic carbocycles. The zero-order valence-electron chi connectivity index (χ0n) is 10.7. The molecule has 0 aliphatic carbocycles. The molecule has 1 rings (SSSR count). The largest absolute Gasteiger partial charge is 0.480 e. The van der Waals surface area contributed by atoms with Crippen molar-refractivity contribution in [3.63, 3.8) is 0 Å². The predicted molar refractivity (Wildman–Crippen MR) is 66.1 cm³/mol. The van der Waals surface area contributed by atoms with Gasteiger partial charge in [0.05, 0.1) is 6.10 Å². The summed E-state index contributed by atoms with van der Waals surface area (Å²) >= 11 is 0. The van der Waals surface area contributed by atoms with Crippen LogP contribution in [0.4, 0.5) is 0 Å². The van der Waals surface area contributed by atoms with Gasteiger partial charge in [0.2, 0.25) is 5.91 Å². The molecule has 4 N–H and O–H groups in total. The van der Waals surface area contributed by atoms with Crippen LogP contribution in [-0.4, -0.2) is 47.3 Å². The smallest absolute Gasteiger partial charge is 0.328 e. The lowest BCUT2D eigenvalue weighted by Gasteiger charge is -2.23. The third-order valence-corrected chi connectivity index (χ3v) is 3.30. The molecule has 0 radical (unpaired) electrons. The molecule has 1 fully saturated rings. The molecule has 0 bridgehead atoms. The van der Waals surface area contributed by atoms with E-state index in [9.17, 15) is 14.7 Å². The summed E-state index contributed by atoms with van der Waals surface area (Å²) in [7, 11) is 0. The Morgan fingerprint density at radius 2 is 2.00 bits per heavy atom. The van der Waals surface area contributed by atoms with Gasteiger partial charge in [-0.25, -0.2) is 4.79 Å². The first-order chi connectivity index (χ1) is 8.50. The molecule has 6 heteroatoms. The number of nitrogens with one attached hydrogen (secondary N) is 2. The second-order valence-electron chi connectivity index (χ2n) is 4.86. The summed E-state index contributed by atoms with van der Waals surface area (Å²) in [5.41, 5.74) is 0. The molecule has 6 nitrogen and oxygen atoms in total. The van der Waals surface area contributed by atoms with Crippen molar-refractivity contribution in [2.24, 2.45) is 5.92 Å². The normalized spacial score (nSPS) is 20.1. The molecule has 0 aromatic heterocycles. The van der Waals surface area contributed by atoms with Crippen molar-refractivity contribution in [3.8, 4) is 0 Å². The molecule has 0 spiro atoms. The fraction of sp³-hybridized carbons (Fsp3) is 0.833. The maximum absolute atomic E-state index is 11.6. The third-order valence-electron chi connectivity index (χ3n) is 3.30. The van der Waals surface area contributed by atoms with Gasteiger partial charge in [-0.05, 0) is 45.2 Å². The summed E-state index contributed by atoms with van der Waals surface area (Å²) in [4.78, 5) is 22.4. The van der Waals surface area contributed by atoms with Crippen LogP contribution >= 0.6 is 0 Å². The maximum Gasteiger partial charge on any atom is 0.328 e. The zero-order valence-corrected chi connectivity index (χ0v) is 10.7. The number of aliphatic carboxylic acids is 1. The number of carbonyl (C=O) groups excluding carboxylic acids is 1. The molecular formula is C12H22N2O4. The minimum Gasteiger partial charge on any atom is -0.480 e. The van der Waals surface area contributed by atoms with Crippen LogP contribution < -0.4 is 10.6 Å². The predicted octanol–water partition coefficient (Wildman–Crippen LogP) is -0.284. The molecule has 0 aromatic rings. The Labute approximate surface area is 107 Å². The number of hydrogen-bond acceptors (Lipinski definition) is 4. The van der Waals surface area contributed by atoms with Gasteiger partial charge in [0.25, 0.3) is 0 Å². The first-order valence-electron chi connectivity index (χ1n) is 6.41. The van der Waals surface area contributed by atoms with Gasteiger partial charge in [0, 0.05) is 6.42 Å². The molecule has 104 valence electrons. The molecular weight excluding hydrogens is 236 g/mol. The van der Waals surface area contributed by atoms with Gasteiger partial charge in [-0.15, -0.1) is 0 Å². The van der Waals surface area contributed by atoms with Crippen LogP contribution in [0.2, 0.25) is 0 Å². The minimum absolute atomic E-state index is 0.304. The lowest BCUT2D eigenvalue weighted by molar-refractivity contribution is -0.144. The van der Waals surface area contributed by atoms with E-state index in [4.69, 9.17) is 5.11 Å². The van der Waals surface area contributed by atoms with E-state index in [2.05, 4.69) is 10.6 Å². The van der Waals surface area contributed by atoms with Crippen molar-refractivity contribution in [1.29, 1.82) is 0 Å². The molecule has 18 heavy (non-hydrogen) atoms. The Morgan fingerprint density at radius 1 is 1.39 bits per heavy atom. The summed E-state index contributed by atoms with van der Waals surface area (Å²) in [6.45, 7) is 3.32. The molecule has 2 unspecified atom stereocenters. The van der Waals surface area contributed by atoms with E-state index in [-0.39, 0.29) is 5.91 Å². The van der Waals surface area contributed by atoms with Crippen molar-refractivity contribution >= 4 is 11.9 Å². The van der Waals surface area contributed by atoms with Crippen LogP contribution in [0.1, 0.15) is 32.6 Å². The molecule has 1 heterocycles. The van der Waals surface area contributed by atoms with E-state index in [1.807, 2.05) is 0 Å². The fourth-order valence-corrected chi connectivity index (χ4v) is 2.14. The highest BCUT2D eigenvalue weighted by Crippen LogP contribution is 2.17. The van der Waals surface area contributed by atoms with Crippen LogP contribution in [-0.2, 0) is 9.59 Å². The Kier molecular flexibility index (Phi) is 6.07. The quantitative estimate of drug-likeness (QED) is 0.525. The van der Waals surface area contributed by atoms with E-state index in [0.717, 1.165) is 32.4 Å². The summed E-state index contributed by atoms with van der Waals surface area (Å²) in [6, 6.07) is -1.22. The Hall–Kier alpha value is -1.14. The van der Waals surface area contributed by atoms with Crippen LogP contribution in [0.3, 0.4) is 0 Å². The Morgan fingerprint density at radius 3 is 2.50 bits per heavy atom. The highest BCUT2D eigenvalue weighted by Gasteiger charge is 2.25. The zero-order chi connectivity index (χ0) is 13.5. The fourth-order valence-electron chi connectivity index (χ4n) is 2.14. The topological polar surface area (TPSA) is 98.7 Å². The molecule has 1 aliphatic heterocycles. The third kappa shape index (κ3) is 5.01. The van der Waals surface area contributed by atoms with Crippen LogP contribution in [0.25, 0.3) is 0 Å². The lowest BCUT2D eigenvalue weighted by Crippen LogP contribution is -2.47. The summed E-state index contributed by atoms with van der Waals surface area (Å²) < 4.78 is 0. The van der Waals surface area contributed by atoms with E-state index < -0.39 is 18.1 Å². The van der Waals surface area contributed by atoms with Gasteiger partial charge < -0.3 is 20.8 Å². The van der Waals surface area contributed by atoms with Crippen molar-refractivity contribution < 1.29 is 19.8 Å². The first kappa shape index (κ1) is 14.9. The van der Waals surface area contributed by atoms with E-state index in [1.165, 1.54) is 6.92 Å². The van der Waals surface area contributed by atoms with Gasteiger partial charge in [-0.2, -0.15) is 0 Å². The lowest BCUT2D eigenvalue weighted by atomic mass is 9.93. The van der Waals surface area contributed by atoms with Crippen molar-refractivity contribution in [1.82, 2.24) is 10.6 Å². The van der Waals surface area contributed by atoms with Gasteiger partial charge in [-0.1, -0.05) is 0 Å². The molecule has 1 amide bonds. The number of aliphatic hydroxyl groups excluding tert-OH is 1. The number of carbonyl (C=O) groups is 2. The SMILES string of the molecule is CC(O)C(NC(=O)CCC1CCNCC1)C(=O)O. The average molecular weight is 258 g/mol. The number of piperidine rings is 1. The number of hydrogen-bond donors (Lipinski definition) is 4. The average Bonchev–Trinajstić information content (AvgIpc) is 2.34. The highest BCUT2D eigenvalue weighted by atomic mass is 16.4. The van der Waals surface area contributed by atoms with Crippen molar-refractivity contribution in [2.45, 2.75) is 44.8 Å². The van der Waals surface area contributed by atoms with Crippen LogP contribution in [0.5, 0.6) is 0 Å². The van der Waals surface area contributed by atoms with Crippen molar-refractivity contribution in [3.05, 3.63) is 0 Å². The monoisotopic (exact) mass is 258 g/mol. The number of aliphatic hydroxyl groups is 1. The maximum atomic E-state index is 11.6. The van der Waals surface area contributed by atoms with Gasteiger partial charge >= 0.3 is 5.97 Å². The van der Waals surface area contributed by atoms with E-state index in [1.54, 1.807) is 0 Å². The number of rotatable bonds is 6. The number of amides is 1. The molecule has 2 atom stereocenters. The standard InChI is InChI=1S/C12H22N2O4/c1-8(15)11(12(17)18)14-10(16)3-2-9-4-6-13-7-5-9/h8-9,11,13,15H,2-7H2,1H3,(H,14,16)(H,17,18). The second kappa shape index (κ2) is 7.33. The molecule has 0 saturated carbocycles. The van der Waals surface area contributed by atoms with Crippen LogP contribution in [0.15, 0.2) is 0 Å². The summed E-state index contributed by atoms with van der Waals surface area (Å²) in [5.74, 6) is -0.978. The second-order valence-corrected chi connectivity index (χ2v) is 4.86. The van der Waals surface area contributed by atoms with Gasteiger partial charge in [0.1, 0.15) is 0 Å². The molecule has 1 saturated heterocycles. The number of carboxylic acid groups (broad SMARTS) is 1. The summed E-state index contributed by atoms with van der Waals surface area (Å²) in [5, 5.41) is 23.7. The minimum atomic E-state index is -1.22. The molecule has 1 aliphatic rings. The van der Waals surface area contributed by atoms with Gasteiger partial charge in [-0.3, -0.25) is 4.79 Å². The summed E-state index contributed by atoms with van der Waals surface area (Å²) in [6.07, 6.45) is 2.13. The highest BCUT2D eigenvalue weighted by molar-refractivity contribution is 5.83. The Bertz CT molecular complexity index is 288. The van der Waals surface area contributed by atoms with Crippen LogP contribution in [0, 0.1) is 5.92 Å². The Balaban J connectivity index is 2.29. The number of carboxylic acids is 1. The van der Waals surface area contributed by atoms with E-state index >= 15 is 0 Å². The van der Waals surface area contributed by atoms with E-state index in [0.29, 0.717) is 12.3 Å².